The summed E-state index contributed by atoms with van der Waals surface area (Å²) in [5, 5.41) is 9.89. The molecule has 1 saturated carbocycles. The van der Waals surface area contributed by atoms with Crippen LogP contribution in [0, 0.1) is 18.8 Å². The van der Waals surface area contributed by atoms with Gasteiger partial charge in [0.1, 0.15) is 0 Å². The molecular formula is C16H21NO2S. The van der Waals surface area contributed by atoms with Crippen molar-refractivity contribution in [2.75, 3.05) is 18.8 Å². The smallest absolute Gasteiger partial charge is 0.232 e. The summed E-state index contributed by atoms with van der Waals surface area (Å²) in [5.41, 5.74) is 1.24. The average molecular weight is 291 g/mol. The van der Waals surface area contributed by atoms with Gasteiger partial charge in [-0.25, -0.2) is 0 Å². The Bertz CT molecular complexity index is 488. The maximum Gasteiger partial charge on any atom is 0.232 e. The molecule has 3 rings (SSSR count). The Hall–Kier alpha value is -1.00. The lowest BCUT2D eigenvalue weighted by Gasteiger charge is -2.18. The third kappa shape index (κ3) is 2.86. The van der Waals surface area contributed by atoms with Crippen LogP contribution in [0.3, 0.4) is 0 Å². The van der Waals surface area contributed by atoms with Crippen LogP contribution in [0.4, 0.5) is 0 Å². The Morgan fingerprint density at radius 1 is 1.30 bits per heavy atom. The fourth-order valence-electron chi connectivity index (χ4n) is 3.31. The SMILES string of the molecule is Cc1ccc(SCC(=O)N2CC3CCC(O)C3C2)cc1. The molecule has 2 aliphatic rings. The molecule has 1 heterocycles. The van der Waals surface area contributed by atoms with E-state index in [2.05, 4.69) is 31.2 Å². The summed E-state index contributed by atoms with van der Waals surface area (Å²) in [6, 6.07) is 8.28. The van der Waals surface area contributed by atoms with E-state index in [1.807, 2.05) is 4.90 Å². The van der Waals surface area contributed by atoms with Gasteiger partial charge in [0.05, 0.1) is 11.9 Å². The molecule has 0 radical (unpaired) electrons. The van der Waals surface area contributed by atoms with Crippen molar-refractivity contribution in [3.63, 3.8) is 0 Å². The summed E-state index contributed by atoms with van der Waals surface area (Å²) in [6.07, 6.45) is 1.79. The minimum Gasteiger partial charge on any atom is -0.393 e. The highest BCUT2D eigenvalue weighted by Crippen LogP contribution is 2.38. The molecule has 3 atom stereocenters. The maximum atomic E-state index is 12.2. The number of nitrogens with zero attached hydrogens (tertiary/aromatic N) is 1. The molecule has 1 saturated heterocycles. The first kappa shape index (κ1) is 14.0. The fourth-order valence-corrected chi connectivity index (χ4v) is 4.11. The first-order valence-electron chi connectivity index (χ1n) is 7.29. The van der Waals surface area contributed by atoms with E-state index >= 15 is 0 Å². The second-order valence-corrected chi connectivity index (χ2v) is 7.02. The number of amides is 1. The molecule has 1 amide bonds. The Morgan fingerprint density at radius 3 is 2.75 bits per heavy atom. The van der Waals surface area contributed by atoms with Crippen molar-refractivity contribution in [1.29, 1.82) is 0 Å². The zero-order valence-electron chi connectivity index (χ0n) is 11.8. The number of hydrogen-bond donors (Lipinski definition) is 1. The zero-order valence-corrected chi connectivity index (χ0v) is 12.6. The predicted octanol–water partition coefficient (Wildman–Crippen LogP) is 2.32. The molecule has 108 valence electrons. The molecule has 1 aliphatic heterocycles. The van der Waals surface area contributed by atoms with Crippen LogP contribution in [-0.2, 0) is 4.79 Å². The number of fused-ring (bicyclic) bond motifs is 1. The minimum absolute atomic E-state index is 0.192. The second-order valence-electron chi connectivity index (χ2n) is 5.97. The number of aliphatic hydroxyl groups is 1. The molecule has 1 N–H and O–H groups in total. The van der Waals surface area contributed by atoms with E-state index in [0.29, 0.717) is 17.6 Å². The number of rotatable bonds is 3. The number of likely N-dealkylation sites (tertiary alicyclic amines) is 1. The van der Waals surface area contributed by atoms with E-state index in [4.69, 9.17) is 0 Å². The van der Waals surface area contributed by atoms with E-state index < -0.39 is 0 Å². The Kier molecular flexibility index (Phi) is 4.03. The van der Waals surface area contributed by atoms with Gasteiger partial charge in [-0.05, 0) is 37.8 Å². The predicted molar refractivity (Wildman–Crippen MR) is 80.7 cm³/mol. The lowest BCUT2D eigenvalue weighted by molar-refractivity contribution is -0.127. The molecule has 3 unspecified atom stereocenters. The van der Waals surface area contributed by atoms with Crippen molar-refractivity contribution in [3.05, 3.63) is 29.8 Å². The van der Waals surface area contributed by atoms with E-state index in [1.165, 1.54) is 5.56 Å². The molecule has 3 nitrogen and oxygen atoms in total. The maximum absolute atomic E-state index is 12.2. The van der Waals surface area contributed by atoms with Crippen molar-refractivity contribution in [2.24, 2.45) is 11.8 Å². The zero-order chi connectivity index (χ0) is 14.1. The van der Waals surface area contributed by atoms with Gasteiger partial charge in [0.2, 0.25) is 5.91 Å². The molecule has 2 fully saturated rings. The van der Waals surface area contributed by atoms with Crippen molar-refractivity contribution in [1.82, 2.24) is 4.90 Å². The van der Waals surface area contributed by atoms with Crippen LogP contribution in [-0.4, -0.2) is 40.9 Å². The number of thioether (sulfide) groups is 1. The van der Waals surface area contributed by atoms with Crippen LogP contribution in [0.25, 0.3) is 0 Å². The molecule has 0 bridgehead atoms. The number of carbonyl (C=O) groups excluding carboxylic acids is 1. The second kappa shape index (κ2) is 5.78. The number of carbonyl (C=O) groups is 1. The number of hydrogen-bond acceptors (Lipinski definition) is 3. The molecule has 1 aliphatic carbocycles. The monoisotopic (exact) mass is 291 g/mol. The van der Waals surface area contributed by atoms with Crippen LogP contribution in [0.1, 0.15) is 18.4 Å². The summed E-state index contributed by atoms with van der Waals surface area (Å²) in [7, 11) is 0. The quantitative estimate of drug-likeness (QED) is 0.869. The number of aryl methyl sites for hydroxylation is 1. The molecule has 0 aromatic heterocycles. The van der Waals surface area contributed by atoms with Gasteiger partial charge in [0, 0.05) is 23.9 Å². The summed E-state index contributed by atoms with van der Waals surface area (Å²) < 4.78 is 0. The largest absolute Gasteiger partial charge is 0.393 e. The van der Waals surface area contributed by atoms with Gasteiger partial charge in [-0.3, -0.25) is 4.79 Å². The number of aliphatic hydroxyl groups excluding tert-OH is 1. The van der Waals surface area contributed by atoms with Gasteiger partial charge >= 0.3 is 0 Å². The van der Waals surface area contributed by atoms with Crippen molar-refractivity contribution in [2.45, 2.75) is 30.8 Å². The first-order valence-corrected chi connectivity index (χ1v) is 8.27. The molecule has 4 heteroatoms. The average Bonchev–Trinajstić information content (AvgIpc) is 3.01. The molecule has 20 heavy (non-hydrogen) atoms. The van der Waals surface area contributed by atoms with Gasteiger partial charge in [-0.15, -0.1) is 11.8 Å². The van der Waals surface area contributed by atoms with Crippen molar-refractivity contribution >= 4 is 17.7 Å². The molecular weight excluding hydrogens is 270 g/mol. The van der Waals surface area contributed by atoms with Gasteiger partial charge < -0.3 is 10.0 Å². The highest BCUT2D eigenvalue weighted by atomic mass is 32.2. The lowest BCUT2D eigenvalue weighted by Crippen LogP contribution is -2.32. The first-order chi connectivity index (χ1) is 9.63. The summed E-state index contributed by atoms with van der Waals surface area (Å²) in [4.78, 5) is 15.3. The molecule has 1 aromatic rings. The van der Waals surface area contributed by atoms with Gasteiger partial charge in [0.15, 0.2) is 0 Å². The van der Waals surface area contributed by atoms with Crippen LogP contribution in [0.2, 0.25) is 0 Å². The van der Waals surface area contributed by atoms with Crippen molar-refractivity contribution in [3.8, 4) is 0 Å². The Balaban J connectivity index is 1.52. The van der Waals surface area contributed by atoms with Gasteiger partial charge in [-0.1, -0.05) is 17.7 Å². The number of benzene rings is 1. The van der Waals surface area contributed by atoms with E-state index in [0.717, 1.165) is 30.8 Å². The molecule has 1 aromatic carbocycles. The summed E-state index contributed by atoms with van der Waals surface area (Å²) in [5.74, 6) is 1.55. The van der Waals surface area contributed by atoms with Crippen LogP contribution < -0.4 is 0 Å². The van der Waals surface area contributed by atoms with Gasteiger partial charge in [-0.2, -0.15) is 0 Å². The van der Waals surface area contributed by atoms with E-state index in [1.54, 1.807) is 11.8 Å². The standard InChI is InChI=1S/C16H21NO2S/c1-11-2-5-13(6-3-11)20-10-16(19)17-8-12-4-7-15(18)14(12)9-17/h2-3,5-6,12,14-15,18H,4,7-10H2,1H3. The topological polar surface area (TPSA) is 40.5 Å². The Labute approximate surface area is 124 Å². The van der Waals surface area contributed by atoms with Crippen LogP contribution in [0.5, 0.6) is 0 Å². The van der Waals surface area contributed by atoms with Crippen molar-refractivity contribution < 1.29 is 9.90 Å². The van der Waals surface area contributed by atoms with Gasteiger partial charge in [0.25, 0.3) is 0 Å². The third-order valence-electron chi connectivity index (χ3n) is 4.56. The van der Waals surface area contributed by atoms with Crippen LogP contribution >= 0.6 is 11.8 Å². The van der Waals surface area contributed by atoms with Crippen LogP contribution in [0.15, 0.2) is 29.2 Å². The molecule has 0 spiro atoms. The van der Waals surface area contributed by atoms with E-state index in [9.17, 15) is 9.90 Å². The normalized spacial score (nSPS) is 28.7. The van der Waals surface area contributed by atoms with E-state index in [-0.39, 0.29) is 12.0 Å². The Morgan fingerprint density at radius 2 is 2.05 bits per heavy atom. The fraction of sp³-hybridized carbons (Fsp3) is 0.562. The summed E-state index contributed by atoms with van der Waals surface area (Å²) in [6.45, 7) is 3.65. The highest BCUT2D eigenvalue weighted by molar-refractivity contribution is 8.00. The summed E-state index contributed by atoms with van der Waals surface area (Å²) >= 11 is 1.60. The minimum atomic E-state index is -0.192. The highest BCUT2D eigenvalue weighted by Gasteiger charge is 2.43. The third-order valence-corrected chi connectivity index (χ3v) is 5.55. The lowest BCUT2D eigenvalue weighted by atomic mass is 10.00.